The monoisotopic (exact) mass is 288 g/mol. The summed E-state index contributed by atoms with van der Waals surface area (Å²) in [4.78, 5) is 8.82. The van der Waals surface area contributed by atoms with Crippen LogP contribution < -0.4 is 0 Å². The van der Waals surface area contributed by atoms with Gasteiger partial charge in [-0.2, -0.15) is 0 Å². The van der Waals surface area contributed by atoms with Gasteiger partial charge in [-0.25, -0.2) is 4.98 Å². The summed E-state index contributed by atoms with van der Waals surface area (Å²) in [6, 6.07) is 5.68. The molecule has 0 aromatic carbocycles. The van der Waals surface area contributed by atoms with Crippen molar-refractivity contribution < 1.29 is 9.52 Å². The fourth-order valence-corrected chi connectivity index (χ4v) is 2.06. The predicted molar refractivity (Wildman–Crippen MR) is 81.9 cm³/mol. The lowest BCUT2D eigenvalue weighted by Crippen LogP contribution is -2.18. The largest absolute Gasteiger partial charge is 0.445 e. The van der Waals surface area contributed by atoms with Crippen LogP contribution in [0, 0.1) is 5.92 Å². The van der Waals surface area contributed by atoms with Crippen LogP contribution in [0.4, 0.5) is 0 Å². The third kappa shape index (κ3) is 4.39. The molecule has 0 aliphatic heterocycles. The number of oxazole rings is 1. The molecule has 0 spiro atoms. The van der Waals surface area contributed by atoms with E-state index in [4.69, 9.17) is 4.42 Å². The second kappa shape index (κ2) is 6.39. The van der Waals surface area contributed by atoms with Gasteiger partial charge in [-0.3, -0.25) is 4.98 Å². The molecule has 4 heteroatoms. The van der Waals surface area contributed by atoms with Gasteiger partial charge in [0.15, 0.2) is 5.89 Å². The molecular weight excluding hydrogens is 264 g/mol. The van der Waals surface area contributed by atoms with E-state index >= 15 is 0 Å². The molecule has 0 aliphatic rings. The number of hydrogen-bond acceptors (Lipinski definition) is 4. The van der Waals surface area contributed by atoms with E-state index in [0.717, 1.165) is 30.2 Å². The molecule has 0 saturated heterocycles. The van der Waals surface area contributed by atoms with E-state index in [1.165, 1.54) is 0 Å². The van der Waals surface area contributed by atoms with Crippen molar-refractivity contribution in [2.75, 3.05) is 0 Å². The minimum absolute atomic E-state index is 0.577. The average molecular weight is 288 g/mol. The summed E-state index contributed by atoms with van der Waals surface area (Å²) < 4.78 is 5.77. The van der Waals surface area contributed by atoms with Gasteiger partial charge in [0.05, 0.1) is 11.9 Å². The Morgan fingerprint density at radius 3 is 2.76 bits per heavy atom. The van der Waals surface area contributed by atoms with Crippen LogP contribution in [0.25, 0.3) is 0 Å². The Labute approximate surface area is 126 Å². The molecule has 2 aromatic heterocycles. The first-order valence-electron chi connectivity index (χ1n) is 7.51. The fourth-order valence-electron chi connectivity index (χ4n) is 2.06. The standard InChI is InChI=1S/C17H24N2O2/c1-5-12(2)9-16-18-11-14(21-16)10-13-7-6-8-15(19-13)17(3,4)20/h6-8,11-12,20H,5,9-10H2,1-4H3. The summed E-state index contributed by atoms with van der Waals surface area (Å²) in [6.45, 7) is 7.83. The molecule has 0 aliphatic carbocycles. The van der Waals surface area contributed by atoms with Crippen LogP contribution in [0.1, 0.15) is 57.2 Å². The van der Waals surface area contributed by atoms with E-state index in [2.05, 4.69) is 23.8 Å². The molecule has 0 bridgehead atoms. The Balaban J connectivity index is 2.08. The summed E-state index contributed by atoms with van der Waals surface area (Å²) in [6.07, 6.45) is 4.36. The molecule has 4 nitrogen and oxygen atoms in total. The van der Waals surface area contributed by atoms with Crippen molar-refractivity contribution in [3.63, 3.8) is 0 Å². The van der Waals surface area contributed by atoms with Crippen LogP contribution in [0.2, 0.25) is 0 Å². The number of nitrogens with zero attached hydrogens (tertiary/aromatic N) is 2. The quantitative estimate of drug-likeness (QED) is 0.884. The third-order valence-corrected chi connectivity index (χ3v) is 3.61. The van der Waals surface area contributed by atoms with E-state index in [9.17, 15) is 5.11 Å². The van der Waals surface area contributed by atoms with Crippen molar-refractivity contribution in [1.29, 1.82) is 0 Å². The van der Waals surface area contributed by atoms with Crippen LogP contribution in [0.5, 0.6) is 0 Å². The Morgan fingerprint density at radius 2 is 2.10 bits per heavy atom. The number of aromatic nitrogens is 2. The maximum absolute atomic E-state index is 10.0. The zero-order valence-electron chi connectivity index (χ0n) is 13.3. The Hall–Kier alpha value is -1.68. The molecule has 114 valence electrons. The van der Waals surface area contributed by atoms with Gasteiger partial charge < -0.3 is 9.52 Å². The van der Waals surface area contributed by atoms with Crippen LogP contribution in [-0.2, 0) is 18.4 Å². The zero-order valence-corrected chi connectivity index (χ0v) is 13.3. The summed E-state index contributed by atoms with van der Waals surface area (Å²) in [5.74, 6) is 2.18. The smallest absolute Gasteiger partial charge is 0.194 e. The van der Waals surface area contributed by atoms with Crippen LogP contribution >= 0.6 is 0 Å². The van der Waals surface area contributed by atoms with E-state index in [-0.39, 0.29) is 0 Å². The normalized spacial score (nSPS) is 13.4. The minimum Gasteiger partial charge on any atom is -0.445 e. The number of hydrogen-bond donors (Lipinski definition) is 1. The number of pyridine rings is 1. The SMILES string of the molecule is CCC(C)Cc1ncc(Cc2cccc(C(C)(C)O)n2)o1. The van der Waals surface area contributed by atoms with Crippen molar-refractivity contribution in [1.82, 2.24) is 9.97 Å². The summed E-state index contributed by atoms with van der Waals surface area (Å²) in [5, 5.41) is 10.0. The number of rotatable bonds is 6. The van der Waals surface area contributed by atoms with Crippen LogP contribution in [0.3, 0.4) is 0 Å². The molecule has 0 radical (unpaired) electrons. The van der Waals surface area contributed by atoms with Gasteiger partial charge >= 0.3 is 0 Å². The molecule has 2 heterocycles. The predicted octanol–water partition coefficient (Wildman–Crippen LogP) is 3.48. The first-order valence-corrected chi connectivity index (χ1v) is 7.51. The molecular formula is C17H24N2O2. The van der Waals surface area contributed by atoms with Crippen molar-refractivity contribution in [3.8, 4) is 0 Å². The van der Waals surface area contributed by atoms with Gasteiger partial charge in [0.25, 0.3) is 0 Å². The topological polar surface area (TPSA) is 59.2 Å². The van der Waals surface area contributed by atoms with E-state index in [1.54, 1.807) is 20.0 Å². The molecule has 2 rings (SSSR count). The lowest BCUT2D eigenvalue weighted by Gasteiger charge is -2.16. The number of aliphatic hydroxyl groups is 1. The molecule has 1 atom stereocenters. The molecule has 1 unspecified atom stereocenters. The maximum Gasteiger partial charge on any atom is 0.194 e. The van der Waals surface area contributed by atoms with Gasteiger partial charge in [-0.05, 0) is 31.9 Å². The summed E-state index contributed by atoms with van der Waals surface area (Å²) in [7, 11) is 0. The van der Waals surface area contributed by atoms with Crippen molar-refractivity contribution in [2.24, 2.45) is 5.92 Å². The highest BCUT2D eigenvalue weighted by Crippen LogP contribution is 2.19. The Kier molecular flexibility index (Phi) is 4.78. The van der Waals surface area contributed by atoms with E-state index in [0.29, 0.717) is 18.0 Å². The van der Waals surface area contributed by atoms with E-state index < -0.39 is 5.60 Å². The highest BCUT2D eigenvalue weighted by Gasteiger charge is 2.18. The Morgan fingerprint density at radius 1 is 1.33 bits per heavy atom. The molecule has 21 heavy (non-hydrogen) atoms. The minimum atomic E-state index is -0.931. The highest BCUT2D eigenvalue weighted by atomic mass is 16.4. The fraction of sp³-hybridized carbons (Fsp3) is 0.529. The average Bonchev–Trinajstić information content (AvgIpc) is 2.85. The second-order valence-corrected chi connectivity index (χ2v) is 6.19. The van der Waals surface area contributed by atoms with Crippen molar-refractivity contribution in [2.45, 2.75) is 52.6 Å². The maximum atomic E-state index is 10.0. The van der Waals surface area contributed by atoms with Crippen molar-refractivity contribution in [3.05, 3.63) is 47.4 Å². The van der Waals surface area contributed by atoms with Gasteiger partial charge in [0.1, 0.15) is 11.4 Å². The zero-order chi connectivity index (χ0) is 15.5. The molecule has 0 saturated carbocycles. The van der Waals surface area contributed by atoms with Gasteiger partial charge in [-0.1, -0.05) is 26.3 Å². The molecule has 1 N–H and O–H groups in total. The first kappa shape index (κ1) is 15.7. The van der Waals surface area contributed by atoms with Crippen molar-refractivity contribution >= 4 is 0 Å². The summed E-state index contributed by atoms with van der Waals surface area (Å²) in [5.41, 5.74) is 0.610. The van der Waals surface area contributed by atoms with Gasteiger partial charge in [0.2, 0.25) is 0 Å². The van der Waals surface area contributed by atoms with Crippen LogP contribution in [-0.4, -0.2) is 15.1 Å². The molecule has 0 amide bonds. The van der Waals surface area contributed by atoms with Gasteiger partial charge in [-0.15, -0.1) is 0 Å². The van der Waals surface area contributed by atoms with E-state index in [1.807, 2.05) is 18.2 Å². The summed E-state index contributed by atoms with van der Waals surface area (Å²) >= 11 is 0. The second-order valence-electron chi connectivity index (χ2n) is 6.19. The lowest BCUT2D eigenvalue weighted by molar-refractivity contribution is 0.0736. The third-order valence-electron chi connectivity index (χ3n) is 3.61. The van der Waals surface area contributed by atoms with Crippen LogP contribution in [0.15, 0.2) is 28.8 Å². The molecule has 0 fully saturated rings. The first-order chi connectivity index (χ1) is 9.88. The molecule has 2 aromatic rings. The highest BCUT2D eigenvalue weighted by molar-refractivity contribution is 5.18. The van der Waals surface area contributed by atoms with Gasteiger partial charge in [0, 0.05) is 18.5 Å². The Bertz CT molecular complexity index is 584. The lowest BCUT2D eigenvalue weighted by atomic mass is 10.0.